The van der Waals surface area contributed by atoms with Gasteiger partial charge in [0, 0.05) is 19.6 Å². The Labute approximate surface area is 116 Å². The molecule has 1 aliphatic rings. The summed E-state index contributed by atoms with van der Waals surface area (Å²) in [6.07, 6.45) is -0.396. The predicted octanol–water partition coefficient (Wildman–Crippen LogP) is 2.47. The van der Waals surface area contributed by atoms with Crippen molar-refractivity contribution in [1.29, 1.82) is 0 Å². The highest BCUT2D eigenvalue weighted by Gasteiger charge is 2.29. The normalized spacial score (nSPS) is 22.9. The topological polar surface area (TPSA) is 32.7 Å². The first-order chi connectivity index (χ1) is 8.98. The molecular formula is C16H25NO2. The van der Waals surface area contributed by atoms with E-state index < -0.39 is 6.10 Å². The van der Waals surface area contributed by atoms with Crippen LogP contribution in [0.5, 0.6) is 0 Å². The zero-order valence-corrected chi connectivity index (χ0v) is 12.2. The average Bonchev–Trinajstić information content (AvgIpc) is 2.37. The number of nitrogens with zero attached hydrogens (tertiary/aromatic N) is 1. The first kappa shape index (κ1) is 14.5. The van der Waals surface area contributed by atoms with Gasteiger partial charge in [-0.1, -0.05) is 37.3 Å². The van der Waals surface area contributed by atoms with Gasteiger partial charge in [-0.25, -0.2) is 0 Å². The van der Waals surface area contributed by atoms with Crippen molar-refractivity contribution >= 4 is 0 Å². The SMILES string of the molecule is CC(CN1CCOC(C)(C)C1)C(O)c1ccccc1. The fourth-order valence-electron chi connectivity index (χ4n) is 2.76. The van der Waals surface area contributed by atoms with Crippen molar-refractivity contribution in [2.45, 2.75) is 32.5 Å². The van der Waals surface area contributed by atoms with Gasteiger partial charge in [-0.15, -0.1) is 0 Å². The van der Waals surface area contributed by atoms with Crippen molar-refractivity contribution in [3.05, 3.63) is 35.9 Å². The van der Waals surface area contributed by atoms with E-state index in [4.69, 9.17) is 4.74 Å². The second-order valence-electron chi connectivity index (χ2n) is 6.18. The Balaban J connectivity index is 1.92. The molecule has 19 heavy (non-hydrogen) atoms. The molecule has 1 aromatic carbocycles. The molecule has 0 aliphatic carbocycles. The summed E-state index contributed by atoms with van der Waals surface area (Å²) in [6.45, 7) is 9.92. The first-order valence-corrected chi connectivity index (χ1v) is 7.07. The third-order valence-corrected chi connectivity index (χ3v) is 3.73. The van der Waals surface area contributed by atoms with Gasteiger partial charge in [0.1, 0.15) is 0 Å². The molecule has 3 nitrogen and oxygen atoms in total. The van der Waals surface area contributed by atoms with Gasteiger partial charge in [0.05, 0.1) is 18.3 Å². The fraction of sp³-hybridized carbons (Fsp3) is 0.625. The molecule has 1 fully saturated rings. The molecule has 0 bridgehead atoms. The van der Waals surface area contributed by atoms with E-state index in [0.717, 1.165) is 31.8 Å². The van der Waals surface area contributed by atoms with Crippen molar-refractivity contribution in [1.82, 2.24) is 4.90 Å². The van der Waals surface area contributed by atoms with E-state index in [1.165, 1.54) is 0 Å². The molecule has 106 valence electrons. The average molecular weight is 263 g/mol. The zero-order valence-electron chi connectivity index (χ0n) is 12.2. The monoisotopic (exact) mass is 263 g/mol. The van der Waals surface area contributed by atoms with Crippen LogP contribution in [0.4, 0.5) is 0 Å². The number of hydrogen-bond donors (Lipinski definition) is 1. The molecule has 1 saturated heterocycles. The number of aliphatic hydroxyl groups is 1. The van der Waals surface area contributed by atoms with E-state index >= 15 is 0 Å². The minimum absolute atomic E-state index is 0.0737. The lowest BCUT2D eigenvalue weighted by Gasteiger charge is -2.39. The van der Waals surface area contributed by atoms with Crippen LogP contribution in [0, 0.1) is 5.92 Å². The molecule has 3 heteroatoms. The molecule has 0 radical (unpaired) electrons. The summed E-state index contributed by atoms with van der Waals surface area (Å²) in [5, 5.41) is 10.4. The van der Waals surface area contributed by atoms with Crippen LogP contribution in [0.1, 0.15) is 32.4 Å². The molecule has 0 spiro atoms. The third-order valence-electron chi connectivity index (χ3n) is 3.73. The van der Waals surface area contributed by atoms with Crippen molar-refractivity contribution in [2.24, 2.45) is 5.92 Å². The maximum Gasteiger partial charge on any atom is 0.0827 e. The molecule has 2 unspecified atom stereocenters. The molecule has 0 aromatic heterocycles. The molecule has 0 amide bonds. The largest absolute Gasteiger partial charge is 0.388 e. The van der Waals surface area contributed by atoms with Gasteiger partial charge in [0.2, 0.25) is 0 Å². The molecule has 2 rings (SSSR count). The molecule has 1 aromatic rings. The highest BCUT2D eigenvalue weighted by Crippen LogP contribution is 2.24. The quantitative estimate of drug-likeness (QED) is 0.906. The van der Waals surface area contributed by atoms with Crippen LogP contribution >= 0.6 is 0 Å². The summed E-state index contributed by atoms with van der Waals surface area (Å²) in [4.78, 5) is 2.39. The van der Waals surface area contributed by atoms with E-state index in [1.807, 2.05) is 30.3 Å². The van der Waals surface area contributed by atoms with Gasteiger partial charge in [0.15, 0.2) is 0 Å². The van der Waals surface area contributed by atoms with Crippen molar-refractivity contribution in [3.8, 4) is 0 Å². The van der Waals surface area contributed by atoms with Crippen LogP contribution in [-0.2, 0) is 4.74 Å². The minimum Gasteiger partial charge on any atom is -0.388 e. The Morgan fingerprint density at radius 2 is 2.00 bits per heavy atom. The lowest BCUT2D eigenvalue weighted by Crippen LogP contribution is -2.49. The lowest BCUT2D eigenvalue weighted by molar-refractivity contribution is -0.0921. The molecule has 1 N–H and O–H groups in total. The zero-order chi connectivity index (χ0) is 13.9. The standard InChI is InChI=1S/C16H25NO2/c1-13(15(18)14-7-5-4-6-8-14)11-17-9-10-19-16(2,3)12-17/h4-8,13,15,18H,9-12H2,1-3H3. The fourth-order valence-corrected chi connectivity index (χ4v) is 2.76. The van der Waals surface area contributed by atoms with Crippen molar-refractivity contribution in [2.75, 3.05) is 26.2 Å². The summed E-state index contributed by atoms with van der Waals surface area (Å²) < 4.78 is 5.72. The van der Waals surface area contributed by atoms with Crippen LogP contribution in [0.25, 0.3) is 0 Å². The number of aliphatic hydroxyl groups excluding tert-OH is 1. The first-order valence-electron chi connectivity index (χ1n) is 7.07. The maximum absolute atomic E-state index is 10.4. The number of morpholine rings is 1. The molecule has 1 aliphatic heterocycles. The maximum atomic E-state index is 10.4. The number of ether oxygens (including phenoxy) is 1. The van der Waals surface area contributed by atoms with E-state index in [1.54, 1.807) is 0 Å². The van der Waals surface area contributed by atoms with Gasteiger partial charge >= 0.3 is 0 Å². The minimum atomic E-state index is -0.396. The molecule has 0 saturated carbocycles. The van der Waals surface area contributed by atoms with E-state index in [2.05, 4.69) is 25.7 Å². The second-order valence-corrected chi connectivity index (χ2v) is 6.18. The Morgan fingerprint density at radius 3 is 2.63 bits per heavy atom. The highest BCUT2D eigenvalue weighted by molar-refractivity contribution is 5.17. The van der Waals surface area contributed by atoms with Crippen molar-refractivity contribution < 1.29 is 9.84 Å². The molecule has 2 atom stereocenters. The van der Waals surface area contributed by atoms with E-state index in [0.29, 0.717) is 0 Å². The smallest absolute Gasteiger partial charge is 0.0827 e. The predicted molar refractivity (Wildman–Crippen MR) is 77.0 cm³/mol. The number of hydrogen-bond acceptors (Lipinski definition) is 3. The van der Waals surface area contributed by atoms with E-state index in [-0.39, 0.29) is 11.5 Å². The Morgan fingerprint density at radius 1 is 1.32 bits per heavy atom. The number of rotatable bonds is 4. The van der Waals surface area contributed by atoms with Crippen LogP contribution in [0.3, 0.4) is 0 Å². The summed E-state index contributed by atoms with van der Waals surface area (Å²) in [5.74, 6) is 0.219. The summed E-state index contributed by atoms with van der Waals surface area (Å²) in [6, 6.07) is 9.91. The van der Waals surface area contributed by atoms with Gasteiger partial charge in [-0.3, -0.25) is 4.90 Å². The Bertz CT molecular complexity index is 391. The highest BCUT2D eigenvalue weighted by atomic mass is 16.5. The summed E-state index contributed by atoms with van der Waals surface area (Å²) in [7, 11) is 0. The van der Waals surface area contributed by atoms with Gasteiger partial charge in [0.25, 0.3) is 0 Å². The van der Waals surface area contributed by atoms with Crippen molar-refractivity contribution in [3.63, 3.8) is 0 Å². The third kappa shape index (κ3) is 4.03. The van der Waals surface area contributed by atoms with Crippen LogP contribution < -0.4 is 0 Å². The Kier molecular flexibility index (Phi) is 4.61. The molecule has 1 heterocycles. The summed E-state index contributed by atoms with van der Waals surface area (Å²) >= 11 is 0. The van der Waals surface area contributed by atoms with Gasteiger partial charge in [-0.05, 0) is 25.3 Å². The van der Waals surface area contributed by atoms with Crippen LogP contribution in [0.15, 0.2) is 30.3 Å². The Hall–Kier alpha value is -0.900. The second kappa shape index (κ2) is 6.04. The lowest BCUT2D eigenvalue weighted by atomic mass is 9.96. The molecular weight excluding hydrogens is 238 g/mol. The van der Waals surface area contributed by atoms with Gasteiger partial charge < -0.3 is 9.84 Å². The van der Waals surface area contributed by atoms with Crippen LogP contribution in [0.2, 0.25) is 0 Å². The number of benzene rings is 1. The summed E-state index contributed by atoms with van der Waals surface area (Å²) in [5.41, 5.74) is 0.929. The van der Waals surface area contributed by atoms with Crippen LogP contribution in [-0.4, -0.2) is 41.8 Å². The van der Waals surface area contributed by atoms with Gasteiger partial charge in [-0.2, -0.15) is 0 Å². The van der Waals surface area contributed by atoms with E-state index in [9.17, 15) is 5.11 Å².